The molecule has 7 rings (SSSR count). The number of aliphatic imine (C=N–C) groups is 1. The van der Waals surface area contributed by atoms with Gasteiger partial charge in [-0.15, -0.1) is 0 Å². The van der Waals surface area contributed by atoms with Crippen molar-refractivity contribution in [2.75, 3.05) is 6.61 Å². The van der Waals surface area contributed by atoms with E-state index in [1.165, 1.54) is 54.6 Å². The molecule has 0 aliphatic carbocycles. The second-order valence-corrected chi connectivity index (χ2v) is 10.5. The van der Waals surface area contributed by atoms with Crippen molar-refractivity contribution in [2.45, 2.75) is 19.4 Å². The van der Waals surface area contributed by atoms with Crippen LogP contribution in [0.1, 0.15) is 19.4 Å². The summed E-state index contributed by atoms with van der Waals surface area (Å²) >= 11 is 0. The summed E-state index contributed by atoms with van der Waals surface area (Å²) in [7, 11) is 0. The highest BCUT2D eigenvalue weighted by atomic mass is 16.5. The lowest BCUT2D eigenvalue weighted by atomic mass is 9.85. The molecule has 0 amide bonds. The van der Waals surface area contributed by atoms with E-state index in [4.69, 9.17) is 9.73 Å². The van der Waals surface area contributed by atoms with Crippen LogP contribution in [0, 0.1) is 0 Å². The third-order valence-electron chi connectivity index (χ3n) is 7.33. The van der Waals surface area contributed by atoms with E-state index in [2.05, 4.69) is 129 Å². The Morgan fingerprint density at radius 1 is 0.541 bits per heavy atom. The van der Waals surface area contributed by atoms with Gasteiger partial charge in [0.25, 0.3) is 0 Å². The SMILES string of the molecule is CC1(C)COC(c2cccc(-c3c4ccccc4c(-c4ccc5ccccc5c4)c4ccccc34)c2)=N1. The van der Waals surface area contributed by atoms with Crippen molar-refractivity contribution in [3.05, 3.63) is 121 Å². The lowest BCUT2D eigenvalue weighted by Crippen LogP contribution is -2.17. The van der Waals surface area contributed by atoms with Crippen molar-refractivity contribution >= 4 is 38.2 Å². The van der Waals surface area contributed by atoms with Gasteiger partial charge in [0.15, 0.2) is 0 Å². The maximum absolute atomic E-state index is 5.98. The van der Waals surface area contributed by atoms with Gasteiger partial charge >= 0.3 is 0 Å². The largest absolute Gasteiger partial charge is 0.475 e. The highest BCUT2D eigenvalue weighted by Crippen LogP contribution is 2.44. The maximum Gasteiger partial charge on any atom is 0.216 e. The Hall–Kier alpha value is -4.43. The molecule has 1 aliphatic rings. The number of hydrogen-bond acceptors (Lipinski definition) is 2. The van der Waals surface area contributed by atoms with Crippen LogP contribution >= 0.6 is 0 Å². The molecular formula is C35H27NO. The summed E-state index contributed by atoms with van der Waals surface area (Å²) in [6, 6.07) is 41.6. The molecule has 0 aromatic heterocycles. The van der Waals surface area contributed by atoms with Gasteiger partial charge in [0.1, 0.15) is 6.61 Å². The van der Waals surface area contributed by atoms with E-state index in [1.807, 2.05) is 0 Å². The van der Waals surface area contributed by atoms with Gasteiger partial charge in [-0.05, 0) is 86.6 Å². The van der Waals surface area contributed by atoms with E-state index >= 15 is 0 Å². The minimum Gasteiger partial charge on any atom is -0.475 e. The van der Waals surface area contributed by atoms with Gasteiger partial charge in [0, 0.05) is 5.56 Å². The molecule has 37 heavy (non-hydrogen) atoms. The van der Waals surface area contributed by atoms with Crippen LogP contribution in [0.25, 0.3) is 54.6 Å². The summed E-state index contributed by atoms with van der Waals surface area (Å²) in [5.74, 6) is 0.730. The van der Waals surface area contributed by atoms with E-state index < -0.39 is 0 Å². The van der Waals surface area contributed by atoms with Crippen molar-refractivity contribution in [3.63, 3.8) is 0 Å². The summed E-state index contributed by atoms with van der Waals surface area (Å²) in [6.45, 7) is 4.83. The zero-order valence-electron chi connectivity index (χ0n) is 21.0. The Morgan fingerprint density at radius 2 is 1.08 bits per heavy atom. The van der Waals surface area contributed by atoms with Gasteiger partial charge in [-0.1, -0.05) is 97.1 Å². The smallest absolute Gasteiger partial charge is 0.216 e. The summed E-state index contributed by atoms with van der Waals surface area (Å²) < 4.78 is 5.98. The summed E-state index contributed by atoms with van der Waals surface area (Å²) in [6.07, 6.45) is 0. The van der Waals surface area contributed by atoms with Crippen molar-refractivity contribution in [3.8, 4) is 22.3 Å². The number of benzene rings is 6. The number of ether oxygens (including phenoxy) is 1. The monoisotopic (exact) mass is 477 g/mol. The number of nitrogens with zero attached hydrogens (tertiary/aromatic N) is 1. The first-order chi connectivity index (χ1) is 18.1. The van der Waals surface area contributed by atoms with Crippen LogP contribution in [-0.2, 0) is 4.74 Å². The fraction of sp³-hybridized carbons (Fsp3) is 0.114. The van der Waals surface area contributed by atoms with Gasteiger partial charge in [-0.2, -0.15) is 0 Å². The Labute approximate surface area is 216 Å². The third-order valence-corrected chi connectivity index (χ3v) is 7.33. The fourth-order valence-electron chi connectivity index (χ4n) is 5.64. The van der Waals surface area contributed by atoms with Gasteiger partial charge in [0.05, 0.1) is 5.54 Å². The summed E-state index contributed by atoms with van der Waals surface area (Å²) in [5.41, 5.74) is 5.77. The third kappa shape index (κ3) is 3.68. The van der Waals surface area contributed by atoms with Crippen LogP contribution in [0.5, 0.6) is 0 Å². The first-order valence-electron chi connectivity index (χ1n) is 12.8. The van der Waals surface area contributed by atoms with Crippen molar-refractivity contribution < 1.29 is 4.74 Å². The fourth-order valence-corrected chi connectivity index (χ4v) is 5.64. The molecule has 0 fully saturated rings. The number of rotatable bonds is 3. The molecular weight excluding hydrogens is 450 g/mol. The normalized spacial score (nSPS) is 14.7. The van der Waals surface area contributed by atoms with Crippen molar-refractivity contribution in [2.24, 2.45) is 4.99 Å². The maximum atomic E-state index is 5.98. The predicted molar refractivity (Wildman–Crippen MR) is 156 cm³/mol. The molecule has 6 aromatic rings. The van der Waals surface area contributed by atoms with Crippen LogP contribution < -0.4 is 0 Å². The minimum atomic E-state index is -0.188. The molecule has 0 atom stereocenters. The van der Waals surface area contributed by atoms with E-state index in [-0.39, 0.29) is 5.54 Å². The molecule has 0 N–H and O–H groups in total. The minimum absolute atomic E-state index is 0.188. The second-order valence-electron chi connectivity index (χ2n) is 10.5. The molecule has 2 heteroatoms. The molecule has 6 aromatic carbocycles. The van der Waals surface area contributed by atoms with E-state index in [0.717, 1.165) is 11.5 Å². The van der Waals surface area contributed by atoms with Crippen LogP contribution in [0.3, 0.4) is 0 Å². The zero-order chi connectivity index (χ0) is 25.0. The molecule has 178 valence electrons. The van der Waals surface area contributed by atoms with Gasteiger partial charge in [-0.25, -0.2) is 4.99 Å². The van der Waals surface area contributed by atoms with Gasteiger partial charge in [-0.3, -0.25) is 0 Å². The average molecular weight is 478 g/mol. The van der Waals surface area contributed by atoms with Gasteiger partial charge in [0.2, 0.25) is 5.90 Å². The molecule has 0 bridgehead atoms. The van der Waals surface area contributed by atoms with E-state index in [9.17, 15) is 0 Å². The lowest BCUT2D eigenvalue weighted by molar-refractivity contribution is 0.279. The first-order valence-corrected chi connectivity index (χ1v) is 12.8. The Kier molecular flexibility index (Phi) is 4.90. The Morgan fingerprint density at radius 3 is 1.68 bits per heavy atom. The first kappa shape index (κ1) is 21.8. The van der Waals surface area contributed by atoms with Crippen molar-refractivity contribution in [1.29, 1.82) is 0 Å². The highest BCUT2D eigenvalue weighted by Gasteiger charge is 2.27. The average Bonchev–Trinajstić information content (AvgIpc) is 3.31. The van der Waals surface area contributed by atoms with E-state index in [0.29, 0.717) is 6.61 Å². The summed E-state index contributed by atoms with van der Waals surface area (Å²) in [5, 5.41) is 7.52. The molecule has 0 saturated heterocycles. The quantitative estimate of drug-likeness (QED) is 0.233. The molecule has 2 nitrogen and oxygen atoms in total. The van der Waals surface area contributed by atoms with Crippen LogP contribution in [0.15, 0.2) is 120 Å². The van der Waals surface area contributed by atoms with E-state index in [1.54, 1.807) is 0 Å². The highest BCUT2D eigenvalue weighted by molar-refractivity contribution is 6.21. The van der Waals surface area contributed by atoms with Crippen LogP contribution in [0.4, 0.5) is 0 Å². The molecule has 0 saturated carbocycles. The number of fused-ring (bicyclic) bond motifs is 3. The van der Waals surface area contributed by atoms with Crippen molar-refractivity contribution in [1.82, 2.24) is 0 Å². The van der Waals surface area contributed by atoms with Crippen LogP contribution in [-0.4, -0.2) is 18.0 Å². The Bertz CT molecular complexity index is 1800. The molecule has 0 spiro atoms. The summed E-state index contributed by atoms with van der Waals surface area (Å²) in [4.78, 5) is 4.82. The lowest BCUT2D eigenvalue weighted by Gasteiger charge is -2.18. The molecule has 1 aliphatic heterocycles. The predicted octanol–water partition coefficient (Wildman–Crippen LogP) is 9.04. The standard InChI is InChI=1S/C35H27NO/c1-35(2)22-37-34(36-35)27-13-9-12-25(21-27)32-28-14-5-7-16-30(28)33(31-17-8-6-15-29(31)32)26-19-18-23-10-3-4-11-24(23)20-26/h3-21H,22H2,1-2H3. The van der Waals surface area contributed by atoms with Gasteiger partial charge < -0.3 is 4.74 Å². The molecule has 1 heterocycles. The number of hydrogen-bond donors (Lipinski definition) is 0. The molecule has 0 radical (unpaired) electrons. The molecule has 0 unspecified atom stereocenters. The zero-order valence-corrected chi connectivity index (χ0v) is 21.0. The van der Waals surface area contributed by atoms with Crippen LogP contribution in [0.2, 0.25) is 0 Å². The topological polar surface area (TPSA) is 21.6 Å². The Balaban J connectivity index is 1.52. The second kappa shape index (κ2) is 8.31.